The number of H-pyrrole nitrogens is 1. The summed E-state index contributed by atoms with van der Waals surface area (Å²) in [6.07, 6.45) is 2.07. The molecule has 1 amide bonds. The number of pyridine rings is 1. The van der Waals surface area contributed by atoms with E-state index in [1.165, 1.54) is 0 Å². The summed E-state index contributed by atoms with van der Waals surface area (Å²) in [7, 11) is 3.47. The zero-order valence-corrected chi connectivity index (χ0v) is 11.6. The number of aromatic amines is 1. The van der Waals surface area contributed by atoms with E-state index >= 15 is 0 Å². The Balaban J connectivity index is 2.24. The number of hydrogen-bond donors (Lipinski definition) is 1. The van der Waals surface area contributed by atoms with Gasteiger partial charge in [-0.1, -0.05) is 6.07 Å². The van der Waals surface area contributed by atoms with Crippen LogP contribution in [-0.4, -0.2) is 44.7 Å². The second kappa shape index (κ2) is 5.75. The maximum absolute atomic E-state index is 11.6. The fourth-order valence-corrected chi connectivity index (χ4v) is 1.87. The van der Waals surface area contributed by atoms with Gasteiger partial charge in [0.1, 0.15) is 5.69 Å². The first-order valence-electron chi connectivity index (χ1n) is 5.86. The van der Waals surface area contributed by atoms with Gasteiger partial charge in [-0.2, -0.15) is 5.10 Å². The van der Waals surface area contributed by atoms with Crippen LogP contribution in [0.25, 0.3) is 11.5 Å². The molecule has 2 aromatic rings. The molecule has 2 aromatic heterocycles. The lowest BCUT2D eigenvalue weighted by molar-refractivity contribution is -0.128. The molecule has 2 rings (SSSR count). The number of nitrogens with zero attached hydrogens (tertiary/aromatic N) is 4. The van der Waals surface area contributed by atoms with Gasteiger partial charge in [0.05, 0.1) is 0 Å². The smallest absolute Gasteiger partial charge is 0.223 e. The molecule has 0 aromatic carbocycles. The van der Waals surface area contributed by atoms with Gasteiger partial charge in [-0.3, -0.25) is 19.4 Å². The first kappa shape index (κ1) is 13.4. The van der Waals surface area contributed by atoms with Crippen LogP contribution >= 0.6 is 12.2 Å². The van der Waals surface area contributed by atoms with E-state index in [0.29, 0.717) is 23.6 Å². The van der Waals surface area contributed by atoms with Crippen molar-refractivity contribution in [1.29, 1.82) is 0 Å². The zero-order valence-electron chi connectivity index (χ0n) is 10.8. The van der Waals surface area contributed by atoms with Crippen molar-refractivity contribution in [2.24, 2.45) is 0 Å². The van der Waals surface area contributed by atoms with Crippen LogP contribution in [0.1, 0.15) is 6.42 Å². The average molecular weight is 277 g/mol. The van der Waals surface area contributed by atoms with E-state index in [4.69, 9.17) is 12.2 Å². The minimum absolute atomic E-state index is 0.0510. The van der Waals surface area contributed by atoms with E-state index in [-0.39, 0.29) is 5.91 Å². The summed E-state index contributed by atoms with van der Waals surface area (Å²) in [5.74, 6) is 0.701. The van der Waals surface area contributed by atoms with Crippen molar-refractivity contribution in [1.82, 2.24) is 24.6 Å². The minimum Gasteiger partial charge on any atom is -0.349 e. The van der Waals surface area contributed by atoms with E-state index in [0.717, 1.165) is 5.69 Å². The summed E-state index contributed by atoms with van der Waals surface area (Å²) in [5, 5.41) is 6.91. The molecule has 0 aliphatic heterocycles. The number of hydrogen-bond acceptors (Lipinski definition) is 4. The Morgan fingerprint density at radius 2 is 2.26 bits per heavy atom. The number of amides is 1. The Morgan fingerprint density at radius 1 is 1.47 bits per heavy atom. The normalized spacial score (nSPS) is 10.4. The molecule has 0 fully saturated rings. The molecular weight excluding hydrogens is 262 g/mol. The minimum atomic E-state index is 0.0510. The molecule has 0 bridgehead atoms. The van der Waals surface area contributed by atoms with Crippen LogP contribution in [0.15, 0.2) is 24.4 Å². The van der Waals surface area contributed by atoms with Crippen LogP contribution in [-0.2, 0) is 11.3 Å². The largest absolute Gasteiger partial charge is 0.349 e. The molecule has 0 saturated carbocycles. The average Bonchev–Trinajstić information content (AvgIpc) is 2.78. The van der Waals surface area contributed by atoms with Gasteiger partial charge in [-0.25, -0.2) is 0 Å². The summed E-state index contributed by atoms with van der Waals surface area (Å²) in [6, 6.07) is 5.58. The fraction of sp³-hybridized carbons (Fsp3) is 0.333. The summed E-state index contributed by atoms with van der Waals surface area (Å²) in [4.78, 5) is 17.4. The molecule has 1 N–H and O–H groups in total. The predicted molar refractivity (Wildman–Crippen MR) is 74.0 cm³/mol. The van der Waals surface area contributed by atoms with Gasteiger partial charge in [0, 0.05) is 33.3 Å². The van der Waals surface area contributed by atoms with Crippen LogP contribution in [0.3, 0.4) is 0 Å². The highest BCUT2D eigenvalue weighted by atomic mass is 32.1. The van der Waals surface area contributed by atoms with Crippen molar-refractivity contribution in [3.63, 3.8) is 0 Å². The first-order chi connectivity index (χ1) is 9.09. The van der Waals surface area contributed by atoms with Crippen molar-refractivity contribution in [3.8, 4) is 11.5 Å². The molecule has 2 heterocycles. The molecule has 19 heavy (non-hydrogen) atoms. The van der Waals surface area contributed by atoms with Crippen molar-refractivity contribution in [3.05, 3.63) is 29.2 Å². The number of carbonyl (C=O) groups excluding carboxylic acids is 1. The molecule has 0 aliphatic carbocycles. The van der Waals surface area contributed by atoms with Gasteiger partial charge in [0.15, 0.2) is 10.6 Å². The Morgan fingerprint density at radius 3 is 2.89 bits per heavy atom. The Labute approximate surface area is 116 Å². The quantitative estimate of drug-likeness (QED) is 0.860. The maximum atomic E-state index is 11.6. The molecular formula is C12H15N5OS. The van der Waals surface area contributed by atoms with Crippen molar-refractivity contribution in [2.75, 3.05) is 14.1 Å². The highest BCUT2D eigenvalue weighted by molar-refractivity contribution is 7.71. The van der Waals surface area contributed by atoms with Crippen molar-refractivity contribution >= 4 is 18.1 Å². The lowest BCUT2D eigenvalue weighted by Crippen LogP contribution is -2.23. The SMILES string of the molecule is CN(C)C(=O)CCn1c(-c2ccccn2)n[nH]c1=S. The number of rotatable bonds is 4. The second-order valence-electron chi connectivity index (χ2n) is 4.26. The van der Waals surface area contributed by atoms with Gasteiger partial charge in [0.25, 0.3) is 0 Å². The molecule has 7 heteroatoms. The highest BCUT2D eigenvalue weighted by Gasteiger charge is 2.11. The van der Waals surface area contributed by atoms with Gasteiger partial charge in [-0.15, -0.1) is 0 Å². The summed E-state index contributed by atoms with van der Waals surface area (Å²) >= 11 is 5.18. The predicted octanol–water partition coefficient (Wildman–Crippen LogP) is 1.48. The third-order valence-electron chi connectivity index (χ3n) is 2.70. The van der Waals surface area contributed by atoms with E-state index in [1.807, 2.05) is 18.2 Å². The molecule has 0 saturated heterocycles. The van der Waals surface area contributed by atoms with Crippen LogP contribution in [0.4, 0.5) is 0 Å². The van der Waals surface area contributed by atoms with E-state index < -0.39 is 0 Å². The third kappa shape index (κ3) is 3.05. The van der Waals surface area contributed by atoms with Crippen LogP contribution in [0.5, 0.6) is 0 Å². The zero-order chi connectivity index (χ0) is 13.8. The standard InChI is InChI=1S/C12H15N5OS/c1-16(2)10(18)6-8-17-11(14-15-12(17)19)9-5-3-4-7-13-9/h3-5,7H,6,8H2,1-2H3,(H,15,19). The number of nitrogens with one attached hydrogen (secondary N) is 1. The Hall–Kier alpha value is -2.02. The fourth-order valence-electron chi connectivity index (χ4n) is 1.65. The summed E-state index contributed by atoms with van der Waals surface area (Å²) in [5.41, 5.74) is 0.729. The summed E-state index contributed by atoms with van der Waals surface area (Å²) < 4.78 is 2.28. The summed E-state index contributed by atoms with van der Waals surface area (Å²) in [6.45, 7) is 0.484. The Kier molecular flexibility index (Phi) is 4.06. The molecule has 100 valence electrons. The van der Waals surface area contributed by atoms with Crippen LogP contribution < -0.4 is 0 Å². The maximum Gasteiger partial charge on any atom is 0.223 e. The van der Waals surface area contributed by atoms with E-state index in [9.17, 15) is 4.79 Å². The monoisotopic (exact) mass is 277 g/mol. The number of aromatic nitrogens is 4. The van der Waals surface area contributed by atoms with E-state index in [1.54, 1.807) is 29.8 Å². The third-order valence-corrected chi connectivity index (χ3v) is 3.01. The highest BCUT2D eigenvalue weighted by Crippen LogP contribution is 2.14. The van der Waals surface area contributed by atoms with E-state index in [2.05, 4.69) is 15.2 Å². The molecule has 0 aliphatic rings. The van der Waals surface area contributed by atoms with Gasteiger partial charge < -0.3 is 4.90 Å². The molecule has 0 radical (unpaired) electrons. The van der Waals surface area contributed by atoms with Crippen LogP contribution in [0, 0.1) is 4.77 Å². The second-order valence-corrected chi connectivity index (χ2v) is 4.64. The molecule has 6 nitrogen and oxygen atoms in total. The van der Waals surface area contributed by atoms with Crippen molar-refractivity contribution < 1.29 is 4.79 Å². The van der Waals surface area contributed by atoms with Crippen LogP contribution in [0.2, 0.25) is 0 Å². The van der Waals surface area contributed by atoms with Gasteiger partial charge in [0.2, 0.25) is 5.91 Å². The molecule has 0 spiro atoms. The Bertz CT molecular complexity index is 617. The lowest BCUT2D eigenvalue weighted by Gasteiger charge is -2.11. The first-order valence-corrected chi connectivity index (χ1v) is 6.27. The topological polar surface area (TPSA) is 66.8 Å². The lowest BCUT2D eigenvalue weighted by atomic mass is 10.3. The molecule has 0 atom stereocenters. The van der Waals surface area contributed by atoms with Gasteiger partial charge in [-0.05, 0) is 24.4 Å². The molecule has 0 unspecified atom stereocenters. The van der Waals surface area contributed by atoms with Gasteiger partial charge >= 0.3 is 0 Å². The number of carbonyl (C=O) groups is 1. The van der Waals surface area contributed by atoms with Crippen molar-refractivity contribution in [2.45, 2.75) is 13.0 Å².